The first kappa shape index (κ1) is 12.1. The quantitative estimate of drug-likeness (QED) is 0.578. The molecular weight excluding hydrogens is 172 g/mol. The normalized spacial score (nSPS) is 13.8. The van der Waals surface area contributed by atoms with E-state index in [1.54, 1.807) is 13.8 Å². The fourth-order valence-electron chi connectivity index (χ4n) is 1.10. The molecule has 0 aliphatic heterocycles. The van der Waals surface area contributed by atoms with Crippen LogP contribution in [0.3, 0.4) is 0 Å². The maximum Gasteiger partial charge on any atom is 0.299 e. The van der Waals surface area contributed by atoms with Crippen LogP contribution in [-0.4, -0.2) is 24.9 Å². The Hall–Kier alpha value is -0.880. The summed E-state index contributed by atoms with van der Waals surface area (Å²) in [6.45, 7) is 6.47. The van der Waals surface area contributed by atoms with Crippen molar-refractivity contribution in [3.8, 4) is 0 Å². The molecule has 6 nitrogen and oxygen atoms in total. The molecule has 0 bridgehead atoms. The van der Waals surface area contributed by atoms with Gasteiger partial charge in [0.05, 0.1) is 6.04 Å². The molecule has 0 saturated carbocycles. The summed E-state index contributed by atoms with van der Waals surface area (Å²) in [5.74, 6) is -1.58. The molecule has 0 amide bonds. The minimum Gasteiger partial charge on any atom is -0.309 e. The van der Waals surface area contributed by atoms with Crippen molar-refractivity contribution in [2.75, 3.05) is 13.1 Å². The van der Waals surface area contributed by atoms with Gasteiger partial charge >= 0.3 is 0 Å². The van der Waals surface area contributed by atoms with Crippen molar-refractivity contribution in [3.63, 3.8) is 0 Å². The third kappa shape index (κ3) is 2.82. The number of nitrogens with zero attached hydrogens (tertiary/aromatic N) is 2. The van der Waals surface area contributed by atoms with Crippen LogP contribution in [-0.2, 0) is 0 Å². The molecule has 0 rings (SSSR count). The highest BCUT2D eigenvalue weighted by Gasteiger charge is 2.38. The monoisotopic (exact) mass is 188 g/mol. The lowest BCUT2D eigenvalue weighted by Gasteiger charge is -2.26. The summed E-state index contributed by atoms with van der Waals surface area (Å²) in [6, 6.07) is -0.410. The lowest BCUT2D eigenvalue weighted by Crippen LogP contribution is -2.55. The van der Waals surface area contributed by atoms with Gasteiger partial charge in [0.15, 0.2) is 0 Å². The first-order valence-corrected chi connectivity index (χ1v) is 4.34. The van der Waals surface area contributed by atoms with E-state index in [9.17, 15) is 9.81 Å². The Balaban J connectivity index is 4.52. The molecule has 0 aromatic heterocycles. The average Bonchev–Trinajstić information content (AvgIpc) is 2.14. The summed E-state index contributed by atoms with van der Waals surface area (Å²) in [7, 11) is 0. The first-order chi connectivity index (χ1) is 6.16. The number of hydrogen-bond donors (Lipinski definition) is 2. The molecule has 13 heavy (non-hydrogen) atoms. The smallest absolute Gasteiger partial charge is 0.299 e. The molecule has 0 aliphatic rings. The number of hydrogen-bond acceptors (Lipinski definition) is 6. The standard InChI is InChI=1S/C7H16N4O2/c1-4-8-6(3)7(10-12,11-13)9-5-2/h6,8-9H,4-5H2,1-3H3. The molecular formula is C7H16N4O2. The zero-order valence-corrected chi connectivity index (χ0v) is 8.20. The Morgan fingerprint density at radius 1 is 1.23 bits per heavy atom. The van der Waals surface area contributed by atoms with Gasteiger partial charge in [0.1, 0.15) is 0 Å². The van der Waals surface area contributed by atoms with E-state index in [1.165, 1.54) is 0 Å². The second-order valence-corrected chi connectivity index (χ2v) is 2.72. The van der Waals surface area contributed by atoms with E-state index in [4.69, 9.17) is 0 Å². The molecule has 1 atom stereocenters. The van der Waals surface area contributed by atoms with Crippen LogP contribution >= 0.6 is 0 Å². The van der Waals surface area contributed by atoms with Crippen LogP contribution in [0.5, 0.6) is 0 Å². The van der Waals surface area contributed by atoms with Crippen molar-refractivity contribution in [1.82, 2.24) is 10.6 Å². The van der Waals surface area contributed by atoms with Crippen molar-refractivity contribution in [3.05, 3.63) is 9.81 Å². The van der Waals surface area contributed by atoms with Gasteiger partial charge in [-0.3, -0.25) is 5.32 Å². The zero-order valence-electron chi connectivity index (χ0n) is 8.20. The molecule has 0 radical (unpaired) electrons. The highest BCUT2D eigenvalue weighted by molar-refractivity contribution is 4.91. The van der Waals surface area contributed by atoms with Gasteiger partial charge in [-0.2, -0.15) is 0 Å². The van der Waals surface area contributed by atoms with Crippen LogP contribution in [0.2, 0.25) is 0 Å². The molecule has 0 fully saturated rings. The molecule has 0 spiro atoms. The summed E-state index contributed by atoms with van der Waals surface area (Å²) in [5.41, 5.74) is 0. The molecule has 0 heterocycles. The number of likely N-dealkylation sites (N-methyl/N-ethyl adjacent to an activating group) is 2. The van der Waals surface area contributed by atoms with E-state index in [-0.39, 0.29) is 0 Å². The Morgan fingerprint density at radius 2 is 1.77 bits per heavy atom. The number of rotatable bonds is 7. The van der Waals surface area contributed by atoms with Gasteiger partial charge in [0.2, 0.25) is 0 Å². The third-order valence-electron chi connectivity index (χ3n) is 1.83. The van der Waals surface area contributed by atoms with E-state index in [1.807, 2.05) is 6.92 Å². The van der Waals surface area contributed by atoms with E-state index < -0.39 is 11.8 Å². The largest absolute Gasteiger partial charge is 0.309 e. The van der Waals surface area contributed by atoms with Gasteiger partial charge in [0, 0.05) is 0 Å². The SMILES string of the molecule is CCNC(C)C(N=O)(N=O)NCC. The predicted octanol–water partition coefficient (Wildman–Crippen LogP) is 0.780. The molecule has 76 valence electrons. The van der Waals surface area contributed by atoms with Crippen LogP contribution in [0.1, 0.15) is 20.8 Å². The van der Waals surface area contributed by atoms with E-state index in [0.717, 1.165) is 0 Å². The van der Waals surface area contributed by atoms with Gasteiger partial charge in [0.25, 0.3) is 5.79 Å². The lowest BCUT2D eigenvalue weighted by molar-refractivity contribution is 0.267. The first-order valence-electron chi connectivity index (χ1n) is 4.34. The van der Waals surface area contributed by atoms with Crippen molar-refractivity contribution < 1.29 is 0 Å². The molecule has 1 unspecified atom stereocenters. The minimum absolute atomic E-state index is 0.410. The maximum absolute atomic E-state index is 10.5. The van der Waals surface area contributed by atoms with Gasteiger partial charge in [-0.15, -0.1) is 9.81 Å². The van der Waals surface area contributed by atoms with Crippen LogP contribution in [0, 0.1) is 9.81 Å². The minimum atomic E-state index is -1.58. The summed E-state index contributed by atoms with van der Waals surface area (Å²) >= 11 is 0. The second-order valence-electron chi connectivity index (χ2n) is 2.72. The van der Waals surface area contributed by atoms with Gasteiger partial charge in [-0.25, -0.2) is 0 Å². The Bertz CT molecular complexity index is 166. The Kier molecular flexibility index (Phi) is 5.33. The summed E-state index contributed by atoms with van der Waals surface area (Å²) < 4.78 is 0. The Labute approximate surface area is 77.4 Å². The average molecular weight is 188 g/mol. The fraction of sp³-hybridized carbons (Fsp3) is 1.00. The van der Waals surface area contributed by atoms with Crippen molar-refractivity contribution in [1.29, 1.82) is 0 Å². The molecule has 0 aliphatic carbocycles. The van der Waals surface area contributed by atoms with Gasteiger partial charge < -0.3 is 5.32 Å². The van der Waals surface area contributed by atoms with Crippen molar-refractivity contribution in [2.24, 2.45) is 10.4 Å². The Morgan fingerprint density at radius 3 is 2.08 bits per heavy atom. The van der Waals surface area contributed by atoms with Crippen LogP contribution in [0.15, 0.2) is 10.4 Å². The van der Waals surface area contributed by atoms with Gasteiger partial charge in [-0.1, -0.05) is 13.8 Å². The van der Waals surface area contributed by atoms with Crippen LogP contribution < -0.4 is 10.6 Å². The molecule has 2 N–H and O–H groups in total. The molecule has 0 aromatic rings. The summed E-state index contributed by atoms with van der Waals surface area (Å²) in [5, 5.41) is 11.1. The number of nitrogens with one attached hydrogen (secondary N) is 2. The predicted molar refractivity (Wildman–Crippen MR) is 51.1 cm³/mol. The number of nitroso groups, excluding NO2 is 2. The fourth-order valence-corrected chi connectivity index (χ4v) is 1.10. The summed E-state index contributed by atoms with van der Waals surface area (Å²) in [6.07, 6.45) is 0. The lowest BCUT2D eigenvalue weighted by atomic mass is 10.2. The van der Waals surface area contributed by atoms with E-state index >= 15 is 0 Å². The second kappa shape index (κ2) is 5.71. The van der Waals surface area contributed by atoms with Crippen LogP contribution in [0.25, 0.3) is 0 Å². The third-order valence-corrected chi connectivity index (χ3v) is 1.83. The van der Waals surface area contributed by atoms with E-state index in [2.05, 4.69) is 21.0 Å². The molecule has 6 heteroatoms. The van der Waals surface area contributed by atoms with E-state index in [0.29, 0.717) is 13.1 Å². The molecule has 0 aromatic carbocycles. The highest BCUT2D eigenvalue weighted by Crippen LogP contribution is 2.13. The van der Waals surface area contributed by atoms with Gasteiger partial charge in [-0.05, 0) is 30.4 Å². The van der Waals surface area contributed by atoms with Crippen molar-refractivity contribution in [2.45, 2.75) is 32.6 Å². The topological polar surface area (TPSA) is 82.9 Å². The highest BCUT2D eigenvalue weighted by atomic mass is 16.3. The summed E-state index contributed by atoms with van der Waals surface area (Å²) in [4.78, 5) is 21.0. The molecule has 0 saturated heterocycles. The van der Waals surface area contributed by atoms with Crippen LogP contribution in [0.4, 0.5) is 0 Å². The zero-order chi connectivity index (χ0) is 10.3. The van der Waals surface area contributed by atoms with Crippen molar-refractivity contribution >= 4 is 0 Å². The maximum atomic E-state index is 10.5.